The predicted octanol–water partition coefficient (Wildman–Crippen LogP) is 1.78. The molecule has 0 aliphatic rings. The van der Waals surface area contributed by atoms with Crippen molar-refractivity contribution in [2.24, 2.45) is 0 Å². The highest BCUT2D eigenvalue weighted by molar-refractivity contribution is 5.82. The van der Waals surface area contributed by atoms with E-state index in [1.807, 2.05) is 37.3 Å². The minimum absolute atomic E-state index is 0.275. The van der Waals surface area contributed by atoms with Crippen LogP contribution in [0.2, 0.25) is 0 Å². The molecule has 0 fully saturated rings. The Morgan fingerprint density at radius 3 is 2.53 bits per heavy atom. The fraction of sp³-hybridized carbons (Fsp3) is 0.429. The van der Waals surface area contributed by atoms with Crippen molar-refractivity contribution in [3.63, 3.8) is 0 Å². The van der Waals surface area contributed by atoms with Gasteiger partial charge in [0.25, 0.3) is 0 Å². The van der Waals surface area contributed by atoms with Gasteiger partial charge in [-0.05, 0) is 12.0 Å². The largest absolute Gasteiger partial charge is 0.480 e. The lowest BCUT2D eigenvalue weighted by molar-refractivity contribution is -0.139. The van der Waals surface area contributed by atoms with Crippen LogP contribution in [0.15, 0.2) is 30.3 Å². The van der Waals surface area contributed by atoms with Crippen LogP contribution in [0.25, 0.3) is 0 Å². The summed E-state index contributed by atoms with van der Waals surface area (Å²) in [7, 11) is 0. The Balaban J connectivity index is 2.49. The Morgan fingerprint density at radius 1 is 1.26 bits per heavy atom. The van der Waals surface area contributed by atoms with Gasteiger partial charge in [0.2, 0.25) is 0 Å². The second kappa shape index (κ2) is 8.13. The smallest absolute Gasteiger partial charge is 0.326 e. The van der Waals surface area contributed by atoms with E-state index in [2.05, 4.69) is 10.6 Å². The van der Waals surface area contributed by atoms with Gasteiger partial charge in [-0.1, -0.05) is 43.7 Å². The van der Waals surface area contributed by atoms with Crippen molar-refractivity contribution in [2.45, 2.75) is 32.2 Å². The molecule has 0 saturated carbocycles. The van der Waals surface area contributed by atoms with Gasteiger partial charge < -0.3 is 15.7 Å². The molecule has 0 heterocycles. The maximum Gasteiger partial charge on any atom is 0.326 e. The molecule has 1 aromatic rings. The maximum atomic E-state index is 11.5. The Bertz CT molecular complexity index is 406. The van der Waals surface area contributed by atoms with Crippen LogP contribution in [-0.4, -0.2) is 29.7 Å². The zero-order chi connectivity index (χ0) is 14.1. The number of benzene rings is 1. The Labute approximate surface area is 113 Å². The third-order valence-corrected chi connectivity index (χ3v) is 2.70. The van der Waals surface area contributed by atoms with Crippen LogP contribution in [0.1, 0.15) is 25.3 Å². The van der Waals surface area contributed by atoms with Crippen molar-refractivity contribution in [3.05, 3.63) is 35.9 Å². The van der Waals surface area contributed by atoms with Crippen LogP contribution >= 0.6 is 0 Å². The third kappa shape index (κ3) is 5.90. The number of carboxylic acid groups (broad SMARTS) is 1. The molecular weight excluding hydrogens is 244 g/mol. The second-order valence-electron chi connectivity index (χ2n) is 4.33. The molecule has 104 valence electrons. The average Bonchev–Trinajstić information content (AvgIpc) is 2.39. The molecule has 1 aromatic carbocycles. The summed E-state index contributed by atoms with van der Waals surface area (Å²) < 4.78 is 0. The SMILES string of the molecule is CCCCNC(=O)NC(Cc1ccccc1)C(=O)O. The van der Waals surface area contributed by atoms with E-state index in [9.17, 15) is 9.59 Å². The first kappa shape index (κ1) is 15.0. The molecule has 0 aromatic heterocycles. The van der Waals surface area contributed by atoms with Gasteiger partial charge in [-0.2, -0.15) is 0 Å². The summed E-state index contributed by atoms with van der Waals surface area (Å²) in [6, 6.07) is 7.88. The molecule has 0 aliphatic carbocycles. The average molecular weight is 264 g/mol. The van der Waals surface area contributed by atoms with Crippen molar-refractivity contribution in [3.8, 4) is 0 Å². The summed E-state index contributed by atoms with van der Waals surface area (Å²) >= 11 is 0. The summed E-state index contributed by atoms with van der Waals surface area (Å²) in [6.07, 6.45) is 2.13. The molecular formula is C14H20N2O3. The van der Waals surface area contributed by atoms with Gasteiger partial charge in [-0.15, -0.1) is 0 Å². The van der Waals surface area contributed by atoms with Crippen molar-refractivity contribution in [1.29, 1.82) is 0 Å². The number of hydrogen-bond acceptors (Lipinski definition) is 2. The molecule has 1 rings (SSSR count). The lowest BCUT2D eigenvalue weighted by atomic mass is 10.1. The Morgan fingerprint density at radius 2 is 1.95 bits per heavy atom. The number of urea groups is 1. The molecule has 0 radical (unpaired) electrons. The highest BCUT2D eigenvalue weighted by Gasteiger charge is 2.19. The Kier molecular flexibility index (Phi) is 6.43. The fourth-order valence-electron chi connectivity index (χ4n) is 1.64. The first-order valence-electron chi connectivity index (χ1n) is 6.44. The molecule has 0 aliphatic heterocycles. The number of hydrogen-bond donors (Lipinski definition) is 3. The van der Waals surface area contributed by atoms with Crippen molar-refractivity contribution in [1.82, 2.24) is 10.6 Å². The van der Waals surface area contributed by atoms with Crippen LogP contribution in [-0.2, 0) is 11.2 Å². The first-order chi connectivity index (χ1) is 9.13. The van der Waals surface area contributed by atoms with E-state index in [1.54, 1.807) is 0 Å². The molecule has 1 unspecified atom stereocenters. The van der Waals surface area contributed by atoms with E-state index in [1.165, 1.54) is 0 Å². The fourth-order valence-corrected chi connectivity index (χ4v) is 1.64. The summed E-state index contributed by atoms with van der Waals surface area (Å²) in [6.45, 7) is 2.58. The molecule has 5 nitrogen and oxygen atoms in total. The van der Waals surface area contributed by atoms with Gasteiger partial charge in [0.15, 0.2) is 0 Å². The number of carboxylic acids is 1. The summed E-state index contributed by atoms with van der Waals surface area (Å²) in [5, 5.41) is 14.2. The predicted molar refractivity (Wildman–Crippen MR) is 73.0 cm³/mol. The maximum absolute atomic E-state index is 11.5. The van der Waals surface area contributed by atoms with E-state index >= 15 is 0 Å². The number of aliphatic carboxylic acids is 1. The Hall–Kier alpha value is -2.04. The second-order valence-corrected chi connectivity index (χ2v) is 4.33. The zero-order valence-corrected chi connectivity index (χ0v) is 11.1. The van der Waals surface area contributed by atoms with E-state index in [-0.39, 0.29) is 6.42 Å². The van der Waals surface area contributed by atoms with E-state index < -0.39 is 18.0 Å². The third-order valence-electron chi connectivity index (χ3n) is 2.70. The van der Waals surface area contributed by atoms with Crippen molar-refractivity contribution >= 4 is 12.0 Å². The monoisotopic (exact) mass is 264 g/mol. The van der Waals surface area contributed by atoms with Crippen LogP contribution in [0.3, 0.4) is 0 Å². The molecule has 5 heteroatoms. The molecule has 0 spiro atoms. The van der Waals surface area contributed by atoms with Crippen LogP contribution < -0.4 is 10.6 Å². The highest BCUT2D eigenvalue weighted by Crippen LogP contribution is 2.03. The molecule has 0 bridgehead atoms. The van der Waals surface area contributed by atoms with Crippen LogP contribution in [0.5, 0.6) is 0 Å². The van der Waals surface area contributed by atoms with Gasteiger partial charge in [-0.3, -0.25) is 0 Å². The van der Waals surface area contributed by atoms with Gasteiger partial charge in [0, 0.05) is 13.0 Å². The molecule has 3 N–H and O–H groups in total. The molecule has 0 saturated heterocycles. The number of amides is 2. The number of carbonyl (C=O) groups excluding carboxylic acids is 1. The summed E-state index contributed by atoms with van der Waals surface area (Å²) in [5.41, 5.74) is 0.878. The quantitative estimate of drug-likeness (QED) is 0.657. The minimum atomic E-state index is -1.03. The number of unbranched alkanes of at least 4 members (excludes halogenated alkanes) is 1. The number of nitrogens with one attached hydrogen (secondary N) is 2. The number of carbonyl (C=O) groups is 2. The highest BCUT2D eigenvalue weighted by atomic mass is 16.4. The first-order valence-corrected chi connectivity index (χ1v) is 6.44. The molecule has 2 amide bonds. The zero-order valence-electron chi connectivity index (χ0n) is 11.1. The summed E-state index contributed by atoms with van der Waals surface area (Å²) in [4.78, 5) is 22.7. The van der Waals surface area contributed by atoms with E-state index in [4.69, 9.17) is 5.11 Å². The van der Waals surface area contributed by atoms with Gasteiger partial charge in [0.05, 0.1) is 0 Å². The van der Waals surface area contributed by atoms with E-state index in [0.29, 0.717) is 6.54 Å². The topological polar surface area (TPSA) is 78.4 Å². The molecule has 1 atom stereocenters. The normalized spacial score (nSPS) is 11.6. The lowest BCUT2D eigenvalue weighted by Crippen LogP contribution is -2.47. The van der Waals surface area contributed by atoms with Crippen LogP contribution in [0.4, 0.5) is 4.79 Å². The lowest BCUT2D eigenvalue weighted by Gasteiger charge is -2.15. The van der Waals surface area contributed by atoms with Gasteiger partial charge >= 0.3 is 12.0 Å². The van der Waals surface area contributed by atoms with Gasteiger partial charge in [0.1, 0.15) is 6.04 Å². The van der Waals surface area contributed by atoms with Crippen LogP contribution in [0, 0.1) is 0 Å². The minimum Gasteiger partial charge on any atom is -0.480 e. The van der Waals surface area contributed by atoms with Gasteiger partial charge in [-0.25, -0.2) is 9.59 Å². The summed E-state index contributed by atoms with van der Waals surface area (Å²) in [5.74, 6) is -1.03. The van der Waals surface area contributed by atoms with Crippen molar-refractivity contribution < 1.29 is 14.7 Å². The number of rotatable bonds is 7. The molecule has 19 heavy (non-hydrogen) atoms. The standard InChI is InChI=1S/C14H20N2O3/c1-2-3-9-15-14(19)16-12(13(17)18)10-11-7-5-4-6-8-11/h4-8,12H,2-3,9-10H2,1H3,(H,17,18)(H2,15,16,19). The van der Waals surface area contributed by atoms with Crippen molar-refractivity contribution in [2.75, 3.05) is 6.54 Å². The van der Waals surface area contributed by atoms with E-state index in [0.717, 1.165) is 18.4 Å².